The first-order chi connectivity index (χ1) is 14.7. The highest BCUT2D eigenvalue weighted by atomic mass is 19.4. The van der Waals surface area contributed by atoms with Crippen molar-refractivity contribution in [1.29, 1.82) is 0 Å². The second kappa shape index (κ2) is 10.0. The van der Waals surface area contributed by atoms with E-state index in [2.05, 4.69) is 10.2 Å². The number of amides is 2. The Morgan fingerprint density at radius 2 is 1.65 bits per heavy atom. The summed E-state index contributed by atoms with van der Waals surface area (Å²) in [6.45, 7) is 6.13. The maximum Gasteiger partial charge on any atom is 0.416 e. The average molecular weight is 440 g/mol. The zero-order valence-corrected chi connectivity index (χ0v) is 18.3. The van der Waals surface area contributed by atoms with Gasteiger partial charge in [0, 0.05) is 37.8 Å². The molecule has 0 radical (unpaired) electrons. The fourth-order valence-electron chi connectivity index (χ4n) is 4.57. The van der Waals surface area contributed by atoms with Gasteiger partial charge in [0.05, 0.1) is 11.6 Å². The smallest absolute Gasteiger partial charge is 0.352 e. The number of alkyl halides is 3. The number of nitrogens with zero attached hydrogens (tertiary/aromatic N) is 2. The van der Waals surface area contributed by atoms with Crippen molar-refractivity contribution in [3.63, 3.8) is 0 Å². The molecular weight excluding hydrogens is 407 g/mol. The van der Waals surface area contributed by atoms with Crippen molar-refractivity contribution in [2.75, 3.05) is 26.2 Å². The van der Waals surface area contributed by atoms with Crippen LogP contribution in [0.2, 0.25) is 0 Å². The minimum Gasteiger partial charge on any atom is -0.352 e. The van der Waals surface area contributed by atoms with E-state index in [1.807, 2.05) is 13.8 Å². The van der Waals surface area contributed by atoms with E-state index in [0.717, 1.165) is 44.2 Å². The summed E-state index contributed by atoms with van der Waals surface area (Å²) < 4.78 is 38.3. The van der Waals surface area contributed by atoms with Crippen LogP contribution in [0.1, 0.15) is 61.9 Å². The number of rotatable bonds is 6. The van der Waals surface area contributed by atoms with Gasteiger partial charge in [-0.15, -0.1) is 0 Å². The Morgan fingerprint density at radius 3 is 2.16 bits per heavy atom. The Balaban J connectivity index is 1.63. The Morgan fingerprint density at radius 1 is 1.06 bits per heavy atom. The van der Waals surface area contributed by atoms with Gasteiger partial charge < -0.3 is 10.2 Å². The summed E-state index contributed by atoms with van der Waals surface area (Å²) in [6, 6.07) is 4.30. The van der Waals surface area contributed by atoms with Gasteiger partial charge in [0.2, 0.25) is 5.91 Å². The molecule has 31 heavy (non-hydrogen) atoms. The third-order valence-electron chi connectivity index (χ3n) is 6.57. The summed E-state index contributed by atoms with van der Waals surface area (Å²) in [5.41, 5.74) is -0.510. The molecule has 0 bridgehead atoms. The quantitative estimate of drug-likeness (QED) is 0.731. The number of carbonyl (C=O) groups excluding carboxylic acids is 2. The first kappa shape index (κ1) is 23.6. The molecule has 0 unspecified atom stereocenters. The molecule has 1 heterocycles. The summed E-state index contributed by atoms with van der Waals surface area (Å²) in [6.07, 6.45) is 0.831. The summed E-state index contributed by atoms with van der Waals surface area (Å²) in [4.78, 5) is 29.6. The number of hydrogen-bond donors (Lipinski definition) is 1. The number of hydrogen-bond acceptors (Lipinski definition) is 3. The first-order valence-corrected chi connectivity index (χ1v) is 11.2. The van der Waals surface area contributed by atoms with Crippen molar-refractivity contribution in [3.05, 3.63) is 35.4 Å². The van der Waals surface area contributed by atoms with Crippen LogP contribution in [0.25, 0.3) is 0 Å². The van der Waals surface area contributed by atoms with Gasteiger partial charge >= 0.3 is 6.18 Å². The molecule has 1 aromatic rings. The monoisotopic (exact) mass is 439 g/mol. The van der Waals surface area contributed by atoms with Gasteiger partial charge in [0.1, 0.15) is 0 Å². The highest BCUT2D eigenvalue weighted by Gasteiger charge is 2.38. The zero-order chi connectivity index (χ0) is 22.6. The van der Waals surface area contributed by atoms with Crippen molar-refractivity contribution in [1.82, 2.24) is 15.1 Å². The van der Waals surface area contributed by atoms with Gasteiger partial charge in [-0.1, -0.05) is 19.8 Å². The molecule has 8 heteroatoms. The lowest BCUT2D eigenvalue weighted by atomic mass is 9.94. The first-order valence-electron chi connectivity index (χ1n) is 11.2. The molecule has 2 fully saturated rings. The van der Waals surface area contributed by atoms with Crippen LogP contribution >= 0.6 is 0 Å². The lowest BCUT2D eigenvalue weighted by Gasteiger charge is -2.41. The molecular formula is C23H32F3N3O2. The van der Waals surface area contributed by atoms with Crippen molar-refractivity contribution < 1.29 is 22.8 Å². The van der Waals surface area contributed by atoms with Gasteiger partial charge in [-0.3, -0.25) is 14.5 Å². The van der Waals surface area contributed by atoms with Crippen LogP contribution in [-0.4, -0.2) is 59.9 Å². The van der Waals surface area contributed by atoms with Gasteiger partial charge in [0.25, 0.3) is 5.91 Å². The van der Waals surface area contributed by atoms with Crippen LogP contribution in [0.5, 0.6) is 0 Å². The van der Waals surface area contributed by atoms with Crippen molar-refractivity contribution >= 4 is 11.8 Å². The molecule has 0 spiro atoms. The molecule has 3 rings (SSSR count). The van der Waals surface area contributed by atoms with Gasteiger partial charge in [-0.2, -0.15) is 13.2 Å². The molecule has 1 saturated heterocycles. The molecule has 2 amide bonds. The molecule has 2 aliphatic rings. The minimum absolute atomic E-state index is 0.0729. The third-order valence-corrected chi connectivity index (χ3v) is 6.57. The maximum atomic E-state index is 13.0. The molecule has 1 saturated carbocycles. The van der Waals surface area contributed by atoms with Crippen LogP contribution in [-0.2, 0) is 11.0 Å². The summed E-state index contributed by atoms with van der Waals surface area (Å²) in [5.74, 6) is 0.139. The number of halogens is 3. The van der Waals surface area contributed by atoms with E-state index in [-0.39, 0.29) is 29.5 Å². The van der Waals surface area contributed by atoms with Gasteiger partial charge in [-0.05, 0) is 56.4 Å². The Labute approximate surface area is 182 Å². The largest absolute Gasteiger partial charge is 0.416 e. The molecule has 2 atom stereocenters. The van der Waals surface area contributed by atoms with E-state index in [1.54, 1.807) is 4.90 Å². The Hall–Kier alpha value is -2.09. The highest BCUT2D eigenvalue weighted by Crippen LogP contribution is 2.32. The molecule has 1 aliphatic heterocycles. The third kappa shape index (κ3) is 5.79. The van der Waals surface area contributed by atoms with Crippen LogP contribution < -0.4 is 5.32 Å². The van der Waals surface area contributed by atoms with E-state index in [0.29, 0.717) is 32.1 Å². The molecule has 1 N–H and O–H groups in total. The predicted octanol–water partition coefficient (Wildman–Crippen LogP) is 3.94. The highest BCUT2D eigenvalue weighted by molar-refractivity contribution is 5.94. The SMILES string of the molecule is CC[C@H](C)NC(=O)[C@H](C1CCCC1)N1CCN(C(=O)c2ccc(C(F)(F)F)cc2)CC1. The summed E-state index contributed by atoms with van der Waals surface area (Å²) in [7, 11) is 0. The molecule has 1 aromatic carbocycles. The average Bonchev–Trinajstić information content (AvgIpc) is 3.27. The fraction of sp³-hybridized carbons (Fsp3) is 0.652. The van der Waals surface area contributed by atoms with Crippen LogP contribution in [0.4, 0.5) is 13.2 Å². The maximum absolute atomic E-state index is 13.0. The number of nitrogens with one attached hydrogen (secondary N) is 1. The summed E-state index contributed by atoms with van der Waals surface area (Å²) in [5, 5.41) is 3.13. The fourth-order valence-corrected chi connectivity index (χ4v) is 4.57. The normalized spacial score (nSPS) is 20.5. The van der Waals surface area contributed by atoms with Crippen molar-refractivity contribution in [2.45, 2.75) is 64.2 Å². The zero-order valence-electron chi connectivity index (χ0n) is 18.3. The second-order valence-corrected chi connectivity index (χ2v) is 8.71. The van der Waals surface area contributed by atoms with Gasteiger partial charge in [-0.25, -0.2) is 0 Å². The Bertz CT molecular complexity index is 752. The Kier molecular flexibility index (Phi) is 7.62. The van der Waals surface area contributed by atoms with E-state index < -0.39 is 11.7 Å². The van der Waals surface area contributed by atoms with Gasteiger partial charge in [0.15, 0.2) is 0 Å². The standard InChI is InChI=1S/C23H32F3N3O2/c1-3-16(2)27-21(30)20(17-6-4-5-7-17)28-12-14-29(15-13-28)22(31)18-8-10-19(11-9-18)23(24,25)26/h8-11,16-17,20H,3-7,12-15H2,1-2H3,(H,27,30)/t16-,20-/m0/s1. The number of carbonyl (C=O) groups is 2. The number of piperazine rings is 1. The summed E-state index contributed by atoms with van der Waals surface area (Å²) >= 11 is 0. The van der Waals surface area contributed by atoms with Crippen LogP contribution in [0.15, 0.2) is 24.3 Å². The molecule has 5 nitrogen and oxygen atoms in total. The van der Waals surface area contributed by atoms with E-state index in [9.17, 15) is 22.8 Å². The van der Waals surface area contributed by atoms with Crippen LogP contribution in [0, 0.1) is 5.92 Å². The molecule has 1 aliphatic carbocycles. The minimum atomic E-state index is -4.42. The van der Waals surface area contributed by atoms with Crippen molar-refractivity contribution in [2.24, 2.45) is 5.92 Å². The predicted molar refractivity (Wildman–Crippen MR) is 113 cm³/mol. The van der Waals surface area contributed by atoms with Crippen molar-refractivity contribution in [3.8, 4) is 0 Å². The molecule has 172 valence electrons. The van der Waals surface area contributed by atoms with E-state index in [1.165, 1.54) is 12.1 Å². The topological polar surface area (TPSA) is 52.7 Å². The van der Waals surface area contributed by atoms with E-state index in [4.69, 9.17) is 0 Å². The lowest BCUT2D eigenvalue weighted by molar-refractivity contribution is -0.137. The van der Waals surface area contributed by atoms with E-state index >= 15 is 0 Å². The number of benzene rings is 1. The van der Waals surface area contributed by atoms with Crippen LogP contribution in [0.3, 0.4) is 0 Å². The molecule has 0 aromatic heterocycles. The lowest BCUT2D eigenvalue weighted by Crippen LogP contribution is -2.58. The second-order valence-electron chi connectivity index (χ2n) is 8.71.